The molecule has 0 unspecified atom stereocenters. The van der Waals surface area contributed by atoms with Crippen LogP contribution in [0.15, 0.2) is 18.2 Å². The van der Waals surface area contributed by atoms with Crippen LogP contribution >= 0.6 is 0 Å². The Morgan fingerprint density at radius 2 is 2.00 bits per heavy atom. The number of rotatable bonds is 6. The van der Waals surface area contributed by atoms with Crippen LogP contribution in [0, 0.1) is 6.92 Å². The van der Waals surface area contributed by atoms with Crippen molar-refractivity contribution in [2.75, 3.05) is 38.2 Å². The Hall–Kier alpha value is -1.22. The Balaban J connectivity index is 2.27. The number of anilines is 2. The molecule has 0 atom stereocenters. The Morgan fingerprint density at radius 3 is 2.62 bits per heavy atom. The molecule has 0 amide bonds. The second-order valence-electron chi connectivity index (χ2n) is 4.51. The number of hydrogen-bond acceptors (Lipinski definition) is 3. The molecule has 3 nitrogen and oxygen atoms in total. The van der Waals surface area contributed by atoms with E-state index in [2.05, 4.69) is 37.3 Å². The van der Waals surface area contributed by atoms with Crippen LogP contribution in [0.3, 0.4) is 0 Å². The van der Waals surface area contributed by atoms with E-state index in [9.17, 15) is 0 Å². The number of nitrogen functional groups attached to an aromatic ring is 1. The van der Waals surface area contributed by atoms with E-state index in [-0.39, 0.29) is 0 Å². The van der Waals surface area contributed by atoms with Crippen molar-refractivity contribution in [2.24, 2.45) is 0 Å². The minimum absolute atomic E-state index is 0.829. The number of unbranched alkanes of at least 4 members (excludes halogenated alkanes) is 1. The molecule has 16 heavy (non-hydrogen) atoms. The molecule has 0 aromatic heterocycles. The third-order valence-electron chi connectivity index (χ3n) is 2.60. The standard InChI is InChI=1S/C13H23N3/c1-11-10-12(14)6-7-13(11)15-8-4-5-9-16(2)3/h6-7,10,15H,4-5,8-9,14H2,1-3H3. The average Bonchev–Trinajstić information content (AvgIpc) is 2.20. The first-order valence-corrected chi connectivity index (χ1v) is 5.84. The van der Waals surface area contributed by atoms with Crippen LogP contribution in [0.25, 0.3) is 0 Å². The number of nitrogens with zero attached hydrogens (tertiary/aromatic N) is 1. The molecule has 0 aliphatic heterocycles. The number of nitrogens with two attached hydrogens (primary N) is 1. The molecule has 1 aromatic rings. The molecule has 0 saturated heterocycles. The van der Waals surface area contributed by atoms with E-state index in [1.807, 2.05) is 12.1 Å². The third-order valence-corrected chi connectivity index (χ3v) is 2.60. The highest BCUT2D eigenvalue weighted by atomic mass is 15.0. The van der Waals surface area contributed by atoms with E-state index in [0.29, 0.717) is 0 Å². The predicted octanol–water partition coefficient (Wildman–Crippen LogP) is 2.33. The zero-order valence-electron chi connectivity index (χ0n) is 10.6. The van der Waals surface area contributed by atoms with Gasteiger partial charge in [0, 0.05) is 17.9 Å². The number of hydrogen-bond donors (Lipinski definition) is 2. The van der Waals surface area contributed by atoms with Gasteiger partial charge in [0.15, 0.2) is 0 Å². The van der Waals surface area contributed by atoms with Crippen molar-refractivity contribution in [1.82, 2.24) is 4.90 Å². The highest BCUT2D eigenvalue weighted by Gasteiger charge is 1.97. The van der Waals surface area contributed by atoms with Crippen LogP contribution in [-0.2, 0) is 0 Å². The SMILES string of the molecule is Cc1cc(N)ccc1NCCCCN(C)C. The quantitative estimate of drug-likeness (QED) is 0.572. The first-order chi connectivity index (χ1) is 7.59. The molecule has 0 radical (unpaired) electrons. The Kier molecular flexibility index (Phi) is 5.12. The molecule has 1 aromatic carbocycles. The lowest BCUT2D eigenvalue weighted by atomic mass is 10.1. The van der Waals surface area contributed by atoms with Crippen LogP contribution in [-0.4, -0.2) is 32.1 Å². The normalized spacial score (nSPS) is 10.8. The molecule has 1 rings (SSSR count). The Morgan fingerprint density at radius 1 is 1.25 bits per heavy atom. The Labute approximate surface area is 98.6 Å². The summed E-state index contributed by atoms with van der Waals surface area (Å²) >= 11 is 0. The largest absolute Gasteiger partial charge is 0.399 e. The summed E-state index contributed by atoms with van der Waals surface area (Å²) in [6.07, 6.45) is 2.43. The van der Waals surface area contributed by atoms with Crippen molar-refractivity contribution >= 4 is 11.4 Å². The fourth-order valence-electron chi connectivity index (χ4n) is 1.66. The summed E-state index contributed by atoms with van der Waals surface area (Å²) in [4.78, 5) is 2.22. The molecular formula is C13H23N3. The molecule has 0 saturated carbocycles. The third kappa shape index (κ3) is 4.53. The monoisotopic (exact) mass is 221 g/mol. The van der Waals surface area contributed by atoms with Crippen molar-refractivity contribution in [3.05, 3.63) is 23.8 Å². The summed E-state index contributed by atoms with van der Waals surface area (Å²) in [7, 11) is 4.22. The van der Waals surface area contributed by atoms with Crippen molar-refractivity contribution < 1.29 is 0 Å². The lowest BCUT2D eigenvalue weighted by molar-refractivity contribution is 0.396. The van der Waals surface area contributed by atoms with Crippen molar-refractivity contribution in [1.29, 1.82) is 0 Å². The van der Waals surface area contributed by atoms with Gasteiger partial charge in [-0.2, -0.15) is 0 Å². The van der Waals surface area contributed by atoms with E-state index in [1.54, 1.807) is 0 Å². The lowest BCUT2D eigenvalue weighted by Crippen LogP contribution is -2.14. The van der Waals surface area contributed by atoms with Crippen molar-refractivity contribution in [3.8, 4) is 0 Å². The van der Waals surface area contributed by atoms with Gasteiger partial charge >= 0.3 is 0 Å². The number of aryl methyl sites for hydroxylation is 1. The first kappa shape index (κ1) is 12.8. The van der Waals surface area contributed by atoms with Gasteiger partial charge in [0.2, 0.25) is 0 Å². The maximum absolute atomic E-state index is 5.70. The van der Waals surface area contributed by atoms with Gasteiger partial charge in [0.25, 0.3) is 0 Å². The van der Waals surface area contributed by atoms with Gasteiger partial charge < -0.3 is 16.0 Å². The molecule has 0 aliphatic rings. The van der Waals surface area contributed by atoms with Crippen molar-refractivity contribution in [3.63, 3.8) is 0 Å². The van der Waals surface area contributed by atoms with E-state index < -0.39 is 0 Å². The number of benzene rings is 1. The highest BCUT2D eigenvalue weighted by molar-refractivity contribution is 5.57. The van der Waals surface area contributed by atoms with Crippen LogP contribution in [0.5, 0.6) is 0 Å². The zero-order valence-corrected chi connectivity index (χ0v) is 10.6. The van der Waals surface area contributed by atoms with E-state index >= 15 is 0 Å². The van der Waals surface area contributed by atoms with Gasteiger partial charge in [-0.05, 0) is 64.2 Å². The zero-order chi connectivity index (χ0) is 12.0. The molecule has 90 valence electrons. The summed E-state index contributed by atoms with van der Waals surface area (Å²) in [5.74, 6) is 0. The molecule has 0 heterocycles. The van der Waals surface area contributed by atoms with Gasteiger partial charge in [-0.25, -0.2) is 0 Å². The van der Waals surface area contributed by atoms with Gasteiger partial charge in [-0.15, -0.1) is 0 Å². The summed E-state index contributed by atoms with van der Waals surface area (Å²) in [5, 5.41) is 3.44. The Bertz CT molecular complexity index is 321. The maximum Gasteiger partial charge on any atom is 0.0371 e. The summed E-state index contributed by atoms with van der Waals surface area (Å²) < 4.78 is 0. The van der Waals surface area contributed by atoms with Crippen molar-refractivity contribution in [2.45, 2.75) is 19.8 Å². The molecule has 0 fully saturated rings. The smallest absolute Gasteiger partial charge is 0.0371 e. The van der Waals surface area contributed by atoms with Gasteiger partial charge in [0.05, 0.1) is 0 Å². The second-order valence-corrected chi connectivity index (χ2v) is 4.51. The minimum Gasteiger partial charge on any atom is -0.399 e. The lowest BCUT2D eigenvalue weighted by Gasteiger charge is -2.11. The molecule has 0 spiro atoms. The van der Waals surface area contributed by atoms with Crippen LogP contribution in [0.4, 0.5) is 11.4 Å². The topological polar surface area (TPSA) is 41.3 Å². The fraction of sp³-hybridized carbons (Fsp3) is 0.538. The maximum atomic E-state index is 5.70. The van der Waals surface area contributed by atoms with Gasteiger partial charge in [0.1, 0.15) is 0 Å². The molecular weight excluding hydrogens is 198 g/mol. The summed E-state index contributed by atoms with van der Waals surface area (Å²) in [6, 6.07) is 5.99. The van der Waals surface area contributed by atoms with Crippen LogP contribution in [0.2, 0.25) is 0 Å². The molecule has 0 aliphatic carbocycles. The molecule has 3 heteroatoms. The average molecular weight is 221 g/mol. The van der Waals surface area contributed by atoms with Crippen LogP contribution < -0.4 is 11.1 Å². The second kappa shape index (κ2) is 6.38. The molecule has 0 bridgehead atoms. The highest BCUT2D eigenvalue weighted by Crippen LogP contribution is 2.17. The minimum atomic E-state index is 0.829. The van der Waals surface area contributed by atoms with Gasteiger partial charge in [-0.3, -0.25) is 0 Å². The fourth-order valence-corrected chi connectivity index (χ4v) is 1.66. The predicted molar refractivity (Wildman–Crippen MR) is 71.9 cm³/mol. The number of nitrogens with one attached hydrogen (secondary N) is 1. The van der Waals surface area contributed by atoms with E-state index in [4.69, 9.17) is 5.73 Å². The molecule has 3 N–H and O–H groups in total. The van der Waals surface area contributed by atoms with Gasteiger partial charge in [-0.1, -0.05) is 0 Å². The summed E-state index contributed by atoms with van der Waals surface area (Å²) in [5.41, 5.74) is 8.94. The van der Waals surface area contributed by atoms with E-state index in [1.165, 1.54) is 24.1 Å². The van der Waals surface area contributed by atoms with E-state index in [0.717, 1.165) is 18.8 Å². The van der Waals surface area contributed by atoms with Crippen LogP contribution in [0.1, 0.15) is 18.4 Å². The summed E-state index contributed by atoms with van der Waals surface area (Å²) in [6.45, 7) is 4.26. The first-order valence-electron chi connectivity index (χ1n) is 5.84.